The molecule has 0 bridgehead atoms. The van der Waals surface area contributed by atoms with Gasteiger partial charge in [-0.25, -0.2) is 4.98 Å². The number of aromatic nitrogens is 1. The molecule has 2 nitrogen and oxygen atoms in total. The fourth-order valence-electron chi connectivity index (χ4n) is 1.08. The van der Waals surface area contributed by atoms with E-state index in [-0.39, 0.29) is 6.42 Å². The Morgan fingerprint density at radius 2 is 2.13 bits per heavy atom. The quantitative estimate of drug-likeness (QED) is 0.793. The molecule has 0 radical (unpaired) electrons. The number of anilines is 1. The smallest absolute Gasteiger partial charge is 0.362 e. The van der Waals surface area contributed by atoms with Crippen LogP contribution in [0.4, 0.5) is 18.3 Å². The lowest BCUT2D eigenvalue weighted by Gasteiger charge is -2.05. The molecule has 1 aromatic heterocycles. The zero-order chi connectivity index (χ0) is 11.3. The minimum atomic E-state index is -4.03. The summed E-state index contributed by atoms with van der Waals surface area (Å²) in [6.07, 6.45) is -4.05. The third-order valence-electron chi connectivity index (χ3n) is 1.78. The van der Waals surface area contributed by atoms with Crippen molar-refractivity contribution in [3.05, 3.63) is 11.1 Å². The normalized spacial score (nSPS) is 11.7. The summed E-state index contributed by atoms with van der Waals surface area (Å²) in [6, 6.07) is 0. The molecule has 0 aliphatic rings. The van der Waals surface area contributed by atoms with Crippen molar-refractivity contribution in [2.24, 2.45) is 0 Å². The molecule has 0 aliphatic heterocycles. The van der Waals surface area contributed by atoms with Gasteiger partial charge in [0.2, 0.25) is 0 Å². The van der Waals surface area contributed by atoms with Gasteiger partial charge in [-0.2, -0.15) is 13.2 Å². The fourth-order valence-corrected chi connectivity index (χ4v) is 1.80. The zero-order valence-corrected chi connectivity index (χ0v) is 9.21. The van der Waals surface area contributed by atoms with Gasteiger partial charge in [-0.05, 0) is 19.8 Å². The van der Waals surface area contributed by atoms with Crippen molar-refractivity contribution in [2.75, 3.05) is 11.9 Å². The third kappa shape index (κ3) is 5.61. The third-order valence-corrected chi connectivity index (χ3v) is 2.70. The molecule has 86 valence electrons. The molecule has 15 heavy (non-hydrogen) atoms. The van der Waals surface area contributed by atoms with E-state index in [1.165, 1.54) is 11.3 Å². The van der Waals surface area contributed by atoms with Crippen molar-refractivity contribution in [3.63, 3.8) is 0 Å². The Kier molecular flexibility index (Phi) is 4.38. The average molecular weight is 238 g/mol. The van der Waals surface area contributed by atoms with Gasteiger partial charge in [0.15, 0.2) is 5.13 Å². The summed E-state index contributed by atoms with van der Waals surface area (Å²) in [4.78, 5) is 4.14. The predicted octanol–water partition coefficient (Wildman–Crippen LogP) is 3.60. The number of aryl methyl sites for hydroxylation is 1. The van der Waals surface area contributed by atoms with Crippen molar-refractivity contribution in [3.8, 4) is 0 Å². The van der Waals surface area contributed by atoms with Gasteiger partial charge in [0.25, 0.3) is 0 Å². The highest BCUT2D eigenvalue weighted by Gasteiger charge is 2.25. The maximum absolute atomic E-state index is 11.8. The van der Waals surface area contributed by atoms with Gasteiger partial charge in [-0.15, -0.1) is 11.3 Å². The summed E-state index contributed by atoms with van der Waals surface area (Å²) in [5.74, 6) is 0. The Balaban J connectivity index is 2.07. The van der Waals surface area contributed by atoms with E-state index in [0.29, 0.717) is 13.0 Å². The minimum absolute atomic E-state index is 0.168. The van der Waals surface area contributed by atoms with Crippen LogP contribution in [-0.4, -0.2) is 17.7 Å². The number of nitrogens with one attached hydrogen (secondary N) is 1. The number of thiazole rings is 1. The van der Waals surface area contributed by atoms with Crippen molar-refractivity contribution < 1.29 is 13.2 Å². The number of unbranched alkanes of at least 4 members (excludes halogenated alkanes) is 1. The van der Waals surface area contributed by atoms with Crippen LogP contribution in [0.5, 0.6) is 0 Å². The Morgan fingerprint density at radius 1 is 1.40 bits per heavy atom. The molecule has 1 rings (SSSR count). The number of rotatable bonds is 5. The number of hydrogen-bond acceptors (Lipinski definition) is 3. The maximum atomic E-state index is 11.8. The second kappa shape index (κ2) is 5.34. The van der Waals surface area contributed by atoms with Crippen LogP contribution >= 0.6 is 11.3 Å². The highest BCUT2D eigenvalue weighted by atomic mass is 32.1. The summed E-state index contributed by atoms with van der Waals surface area (Å²) in [5.41, 5.74) is 0.929. The lowest BCUT2D eigenvalue weighted by molar-refractivity contribution is -0.135. The van der Waals surface area contributed by atoms with Crippen molar-refractivity contribution in [2.45, 2.75) is 32.4 Å². The van der Waals surface area contributed by atoms with E-state index < -0.39 is 12.6 Å². The molecule has 0 aliphatic carbocycles. The van der Waals surface area contributed by atoms with Gasteiger partial charge in [0, 0.05) is 18.3 Å². The van der Waals surface area contributed by atoms with Crippen LogP contribution in [0.15, 0.2) is 5.38 Å². The van der Waals surface area contributed by atoms with Crippen LogP contribution in [-0.2, 0) is 0 Å². The average Bonchev–Trinajstić information content (AvgIpc) is 2.49. The zero-order valence-electron chi connectivity index (χ0n) is 8.40. The van der Waals surface area contributed by atoms with Gasteiger partial charge in [-0.3, -0.25) is 0 Å². The molecule has 0 saturated heterocycles. The van der Waals surface area contributed by atoms with Crippen LogP contribution in [0.25, 0.3) is 0 Å². The molecule has 0 spiro atoms. The molecule has 0 unspecified atom stereocenters. The second-order valence-corrected chi connectivity index (χ2v) is 4.15. The van der Waals surface area contributed by atoms with Crippen LogP contribution < -0.4 is 5.32 Å². The van der Waals surface area contributed by atoms with E-state index in [1.807, 2.05) is 12.3 Å². The van der Waals surface area contributed by atoms with Crippen LogP contribution in [0.2, 0.25) is 0 Å². The SMILES string of the molecule is Cc1csc(NCCCCC(F)(F)F)n1. The number of hydrogen-bond donors (Lipinski definition) is 1. The largest absolute Gasteiger partial charge is 0.389 e. The van der Waals surface area contributed by atoms with E-state index in [9.17, 15) is 13.2 Å². The second-order valence-electron chi connectivity index (χ2n) is 3.29. The van der Waals surface area contributed by atoms with Gasteiger partial charge < -0.3 is 5.32 Å². The van der Waals surface area contributed by atoms with Crippen molar-refractivity contribution in [1.29, 1.82) is 0 Å². The Morgan fingerprint density at radius 3 is 2.67 bits per heavy atom. The fraction of sp³-hybridized carbons (Fsp3) is 0.667. The number of alkyl halides is 3. The molecule has 0 atom stereocenters. The summed E-state index contributed by atoms with van der Waals surface area (Å²) in [6.45, 7) is 2.42. The summed E-state index contributed by atoms with van der Waals surface area (Å²) in [7, 11) is 0. The first kappa shape index (κ1) is 12.3. The minimum Gasteiger partial charge on any atom is -0.362 e. The Labute approximate surface area is 90.5 Å². The maximum Gasteiger partial charge on any atom is 0.389 e. The predicted molar refractivity (Wildman–Crippen MR) is 55.2 cm³/mol. The number of nitrogens with zero attached hydrogens (tertiary/aromatic N) is 1. The Bertz CT molecular complexity index is 296. The first-order valence-electron chi connectivity index (χ1n) is 4.70. The monoisotopic (exact) mass is 238 g/mol. The van der Waals surface area contributed by atoms with Gasteiger partial charge in [0.05, 0.1) is 5.69 Å². The molecule has 0 fully saturated rings. The lowest BCUT2D eigenvalue weighted by atomic mass is 10.2. The number of halogens is 3. The van der Waals surface area contributed by atoms with Crippen molar-refractivity contribution in [1.82, 2.24) is 4.98 Å². The molecule has 6 heteroatoms. The van der Waals surface area contributed by atoms with E-state index in [1.54, 1.807) is 0 Å². The molecule has 1 aromatic rings. The standard InChI is InChI=1S/C9H13F3N2S/c1-7-6-15-8(14-7)13-5-3-2-4-9(10,11)12/h6H,2-5H2,1H3,(H,13,14). The highest BCUT2D eigenvalue weighted by Crippen LogP contribution is 2.22. The molecule has 0 saturated carbocycles. The topological polar surface area (TPSA) is 24.9 Å². The molecule has 1 heterocycles. The van der Waals surface area contributed by atoms with Gasteiger partial charge >= 0.3 is 6.18 Å². The summed E-state index contributed by atoms with van der Waals surface area (Å²) >= 11 is 1.47. The molecule has 0 amide bonds. The highest BCUT2D eigenvalue weighted by molar-refractivity contribution is 7.13. The van der Waals surface area contributed by atoms with E-state index in [4.69, 9.17) is 0 Å². The summed E-state index contributed by atoms with van der Waals surface area (Å²) in [5, 5.41) is 5.67. The first-order valence-corrected chi connectivity index (χ1v) is 5.58. The first-order chi connectivity index (χ1) is 6.97. The summed E-state index contributed by atoms with van der Waals surface area (Å²) < 4.78 is 35.3. The molecular weight excluding hydrogens is 225 g/mol. The van der Waals surface area contributed by atoms with E-state index in [0.717, 1.165) is 10.8 Å². The van der Waals surface area contributed by atoms with Crippen LogP contribution in [0.3, 0.4) is 0 Å². The van der Waals surface area contributed by atoms with Gasteiger partial charge in [-0.1, -0.05) is 0 Å². The molecular formula is C9H13F3N2S. The lowest BCUT2D eigenvalue weighted by Crippen LogP contribution is -2.08. The molecule has 0 aromatic carbocycles. The van der Waals surface area contributed by atoms with Gasteiger partial charge in [0.1, 0.15) is 0 Å². The Hall–Kier alpha value is -0.780. The van der Waals surface area contributed by atoms with Crippen LogP contribution in [0, 0.1) is 6.92 Å². The molecule has 1 N–H and O–H groups in total. The van der Waals surface area contributed by atoms with E-state index >= 15 is 0 Å². The van der Waals surface area contributed by atoms with E-state index in [2.05, 4.69) is 10.3 Å². The van der Waals surface area contributed by atoms with Crippen molar-refractivity contribution >= 4 is 16.5 Å². The van der Waals surface area contributed by atoms with Crippen LogP contribution in [0.1, 0.15) is 25.0 Å².